The standard InChI is InChI=1S/C19H28N4O/c1-22(2)19(16-11-21-23(3)13-16)12-20-17-7-5-14-6-8-18(24-4)10-15(14)9-17/h6,8,10-11,13,17,19-20H,5,7,9,12H2,1-4H3/t17-,19-/m0/s1. The summed E-state index contributed by atoms with van der Waals surface area (Å²) in [7, 11) is 7.95. The van der Waals surface area contributed by atoms with E-state index < -0.39 is 0 Å². The minimum Gasteiger partial charge on any atom is -0.497 e. The summed E-state index contributed by atoms with van der Waals surface area (Å²) < 4.78 is 7.24. The smallest absolute Gasteiger partial charge is 0.119 e. The lowest BCUT2D eigenvalue weighted by Crippen LogP contribution is -2.40. The molecule has 1 aromatic heterocycles. The van der Waals surface area contributed by atoms with Crippen molar-refractivity contribution in [2.24, 2.45) is 7.05 Å². The van der Waals surface area contributed by atoms with Crippen molar-refractivity contribution in [1.29, 1.82) is 0 Å². The Bertz CT molecular complexity index is 680. The molecule has 0 amide bonds. The maximum absolute atomic E-state index is 5.37. The van der Waals surface area contributed by atoms with Gasteiger partial charge in [0, 0.05) is 37.4 Å². The van der Waals surface area contributed by atoms with Crippen molar-refractivity contribution >= 4 is 0 Å². The number of hydrogen-bond donors (Lipinski definition) is 1. The molecule has 0 fully saturated rings. The molecular formula is C19H28N4O. The summed E-state index contributed by atoms with van der Waals surface area (Å²) in [5, 5.41) is 8.08. The van der Waals surface area contributed by atoms with Gasteiger partial charge in [0.1, 0.15) is 5.75 Å². The third-order valence-corrected chi connectivity index (χ3v) is 4.97. The van der Waals surface area contributed by atoms with Crippen LogP contribution in [-0.2, 0) is 19.9 Å². The van der Waals surface area contributed by atoms with Crippen LogP contribution in [0.3, 0.4) is 0 Å². The van der Waals surface area contributed by atoms with Gasteiger partial charge in [0.2, 0.25) is 0 Å². The number of nitrogens with zero attached hydrogens (tertiary/aromatic N) is 3. The van der Waals surface area contributed by atoms with E-state index in [1.54, 1.807) is 7.11 Å². The fourth-order valence-electron chi connectivity index (χ4n) is 3.52. The minimum atomic E-state index is 0.338. The number of nitrogens with one attached hydrogen (secondary N) is 1. The van der Waals surface area contributed by atoms with Crippen molar-refractivity contribution in [2.75, 3.05) is 27.7 Å². The zero-order valence-electron chi connectivity index (χ0n) is 15.1. The van der Waals surface area contributed by atoms with E-state index >= 15 is 0 Å². The van der Waals surface area contributed by atoms with Crippen LogP contribution < -0.4 is 10.1 Å². The summed E-state index contributed by atoms with van der Waals surface area (Å²) >= 11 is 0. The zero-order valence-corrected chi connectivity index (χ0v) is 15.1. The van der Waals surface area contributed by atoms with Gasteiger partial charge in [-0.15, -0.1) is 0 Å². The van der Waals surface area contributed by atoms with Crippen LogP contribution in [0.2, 0.25) is 0 Å². The molecule has 130 valence electrons. The van der Waals surface area contributed by atoms with Crippen LogP contribution in [0.25, 0.3) is 0 Å². The molecule has 2 atom stereocenters. The van der Waals surface area contributed by atoms with E-state index in [4.69, 9.17) is 4.74 Å². The van der Waals surface area contributed by atoms with E-state index in [1.165, 1.54) is 23.1 Å². The van der Waals surface area contributed by atoms with Crippen LogP contribution in [0, 0.1) is 0 Å². The predicted octanol–water partition coefficient (Wildman–Crippen LogP) is 2.18. The minimum absolute atomic E-state index is 0.338. The molecule has 0 spiro atoms. The number of aryl methyl sites for hydroxylation is 2. The molecule has 24 heavy (non-hydrogen) atoms. The summed E-state index contributed by atoms with van der Waals surface area (Å²) in [6, 6.07) is 7.32. The number of rotatable bonds is 6. The van der Waals surface area contributed by atoms with E-state index in [2.05, 4.69) is 53.8 Å². The first-order valence-electron chi connectivity index (χ1n) is 8.61. The molecule has 1 aliphatic rings. The Balaban J connectivity index is 1.63. The summed E-state index contributed by atoms with van der Waals surface area (Å²) in [4.78, 5) is 2.25. The zero-order chi connectivity index (χ0) is 17.1. The molecule has 0 saturated heterocycles. The Morgan fingerprint density at radius 2 is 2.21 bits per heavy atom. The van der Waals surface area contributed by atoms with Crippen LogP contribution in [0.15, 0.2) is 30.6 Å². The van der Waals surface area contributed by atoms with Crippen molar-refractivity contribution in [2.45, 2.75) is 31.3 Å². The molecule has 0 radical (unpaired) electrons. The molecular weight excluding hydrogens is 300 g/mol. The first kappa shape index (κ1) is 17.0. The lowest BCUT2D eigenvalue weighted by molar-refractivity contribution is 0.274. The average molecular weight is 328 g/mol. The van der Waals surface area contributed by atoms with Crippen molar-refractivity contribution in [1.82, 2.24) is 20.0 Å². The molecule has 0 unspecified atom stereocenters. The monoisotopic (exact) mass is 328 g/mol. The van der Waals surface area contributed by atoms with Crippen LogP contribution in [0.1, 0.15) is 29.2 Å². The topological polar surface area (TPSA) is 42.3 Å². The number of hydrogen-bond acceptors (Lipinski definition) is 4. The third kappa shape index (κ3) is 3.79. The molecule has 5 heteroatoms. The summed E-state index contributed by atoms with van der Waals surface area (Å²) in [5.41, 5.74) is 4.14. The van der Waals surface area contributed by atoms with Crippen LogP contribution in [0.4, 0.5) is 0 Å². The second-order valence-corrected chi connectivity index (χ2v) is 6.91. The van der Waals surface area contributed by atoms with E-state index in [0.717, 1.165) is 25.1 Å². The van der Waals surface area contributed by atoms with E-state index in [0.29, 0.717) is 12.1 Å². The number of benzene rings is 1. The van der Waals surface area contributed by atoms with Gasteiger partial charge < -0.3 is 15.0 Å². The molecule has 1 N–H and O–H groups in total. The lowest BCUT2D eigenvalue weighted by atomic mass is 9.88. The largest absolute Gasteiger partial charge is 0.497 e. The molecule has 1 aromatic carbocycles. The number of fused-ring (bicyclic) bond motifs is 1. The molecule has 5 nitrogen and oxygen atoms in total. The van der Waals surface area contributed by atoms with Gasteiger partial charge in [0.05, 0.1) is 13.3 Å². The molecule has 0 aliphatic heterocycles. The Hall–Kier alpha value is -1.85. The van der Waals surface area contributed by atoms with Gasteiger partial charge in [-0.05, 0) is 56.6 Å². The van der Waals surface area contributed by atoms with Crippen molar-refractivity contribution in [3.8, 4) is 5.75 Å². The van der Waals surface area contributed by atoms with Crippen LogP contribution in [0.5, 0.6) is 5.75 Å². The fourth-order valence-corrected chi connectivity index (χ4v) is 3.52. The van der Waals surface area contributed by atoms with E-state index in [-0.39, 0.29) is 0 Å². The maximum atomic E-state index is 5.37. The second-order valence-electron chi connectivity index (χ2n) is 6.91. The summed E-state index contributed by atoms with van der Waals surface area (Å²) in [5.74, 6) is 0.955. The Labute approximate surface area is 144 Å². The van der Waals surface area contributed by atoms with Gasteiger partial charge in [-0.3, -0.25) is 4.68 Å². The highest BCUT2D eigenvalue weighted by Crippen LogP contribution is 2.26. The SMILES string of the molecule is COc1ccc2c(c1)C[C@@H](NC[C@@H](c1cnn(C)c1)N(C)C)CC2. The summed E-state index contributed by atoms with van der Waals surface area (Å²) in [6.45, 7) is 0.933. The fraction of sp³-hybridized carbons (Fsp3) is 0.526. The summed E-state index contributed by atoms with van der Waals surface area (Å²) in [6.07, 6.45) is 7.46. The highest BCUT2D eigenvalue weighted by Gasteiger charge is 2.22. The van der Waals surface area contributed by atoms with Crippen molar-refractivity contribution < 1.29 is 4.74 Å². The van der Waals surface area contributed by atoms with E-state index in [9.17, 15) is 0 Å². The molecule has 1 heterocycles. The molecule has 0 saturated carbocycles. The highest BCUT2D eigenvalue weighted by atomic mass is 16.5. The van der Waals surface area contributed by atoms with Crippen molar-refractivity contribution in [3.05, 3.63) is 47.3 Å². The lowest BCUT2D eigenvalue weighted by Gasteiger charge is -2.30. The number of ether oxygens (including phenoxy) is 1. The van der Waals surface area contributed by atoms with Gasteiger partial charge in [0.25, 0.3) is 0 Å². The van der Waals surface area contributed by atoms with Crippen molar-refractivity contribution in [3.63, 3.8) is 0 Å². The Morgan fingerprint density at radius 3 is 2.88 bits per heavy atom. The Morgan fingerprint density at radius 1 is 1.38 bits per heavy atom. The molecule has 0 bridgehead atoms. The highest BCUT2D eigenvalue weighted by molar-refractivity contribution is 5.37. The van der Waals surface area contributed by atoms with Crippen LogP contribution in [-0.4, -0.2) is 48.5 Å². The number of methoxy groups -OCH3 is 1. The average Bonchev–Trinajstić information content (AvgIpc) is 3.00. The molecule has 2 aromatic rings. The quantitative estimate of drug-likeness (QED) is 0.883. The van der Waals surface area contributed by atoms with Gasteiger partial charge in [-0.2, -0.15) is 5.10 Å². The Kier molecular flexibility index (Phi) is 5.21. The van der Waals surface area contributed by atoms with Gasteiger partial charge in [-0.25, -0.2) is 0 Å². The molecule has 1 aliphatic carbocycles. The van der Waals surface area contributed by atoms with E-state index in [1.807, 2.05) is 17.9 Å². The predicted molar refractivity (Wildman–Crippen MR) is 96.4 cm³/mol. The first-order chi connectivity index (χ1) is 11.6. The maximum Gasteiger partial charge on any atom is 0.119 e. The number of likely N-dealkylation sites (N-methyl/N-ethyl adjacent to an activating group) is 1. The van der Waals surface area contributed by atoms with Gasteiger partial charge in [-0.1, -0.05) is 6.07 Å². The normalized spacial score (nSPS) is 18.5. The number of aromatic nitrogens is 2. The second kappa shape index (κ2) is 7.36. The molecule has 3 rings (SSSR count). The van der Waals surface area contributed by atoms with Crippen LogP contribution >= 0.6 is 0 Å². The van der Waals surface area contributed by atoms with Gasteiger partial charge in [0.15, 0.2) is 0 Å². The third-order valence-electron chi connectivity index (χ3n) is 4.97. The van der Waals surface area contributed by atoms with Gasteiger partial charge >= 0.3 is 0 Å². The first-order valence-corrected chi connectivity index (χ1v) is 8.61.